The lowest BCUT2D eigenvalue weighted by Gasteiger charge is -2.45. The van der Waals surface area contributed by atoms with E-state index in [1.54, 1.807) is 6.07 Å². The fourth-order valence-electron chi connectivity index (χ4n) is 4.53. The third kappa shape index (κ3) is 6.31. The van der Waals surface area contributed by atoms with Gasteiger partial charge in [0.25, 0.3) is 0 Å². The first-order chi connectivity index (χ1) is 14.8. The summed E-state index contributed by atoms with van der Waals surface area (Å²) in [6, 6.07) is 17.3. The minimum Gasteiger partial charge on any atom is -0.508 e. The zero-order valence-corrected chi connectivity index (χ0v) is 18.8. The lowest BCUT2D eigenvalue weighted by molar-refractivity contribution is -0.138. The molecular weight excluding hydrogens is 408 g/mol. The average molecular weight is 443 g/mol. The van der Waals surface area contributed by atoms with Crippen LogP contribution in [0.15, 0.2) is 54.6 Å². The first-order valence-corrected chi connectivity index (χ1v) is 10.8. The molecule has 0 aromatic heterocycles. The number of phenolic OH excluding ortho intramolecular Hbond substituents is 1. The molecular formula is C25H34N2O5. The monoisotopic (exact) mass is 442 g/mol. The zero-order chi connectivity index (χ0) is 22.4. The second kappa shape index (κ2) is 11.1. The third-order valence-corrected chi connectivity index (χ3v) is 6.66. The van der Waals surface area contributed by atoms with Gasteiger partial charge < -0.3 is 25.9 Å². The lowest BCUT2D eigenvalue weighted by Crippen LogP contribution is -2.50. The third-order valence-electron chi connectivity index (χ3n) is 6.66. The summed E-state index contributed by atoms with van der Waals surface area (Å²) < 4.78 is 0. The van der Waals surface area contributed by atoms with Crippen molar-refractivity contribution >= 4 is 11.9 Å². The quantitative estimate of drug-likeness (QED) is 0.579. The van der Waals surface area contributed by atoms with Gasteiger partial charge in [-0.05, 0) is 54.0 Å². The van der Waals surface area contributed by atoms with Crippen molar-refractivity contribution in [3.63, 3.8) is 0 Å². The molecule has 3 atom stereocenters. The number of hydrogen-bond acceptors (Lipinski definition) is 4. The van der Waals surface area contributed by atoms with Crippen molar-refractivity contribution in [3.8, 4) is 5.75 Å². The number of carboxylic acid groups (broad SMARTS) is 1. The van der Waals surface area contributed by atoms with Crippen molar-refractivity contribution in [1.29, 1.82) is 0 Å². The molecule has 2 aromatic rings. The van der Waals surface area contributed by atoms with E-state index in [0.717, 1.165) is 30.6 Å². The minimum atomic E-state index is -1.04. The van der Waals surface area contributed by atoms with E-state index in [1.165, 1.54) is 0 Å². The Bertz CT molecular complexity index is 904. The summed E-state index contributed by atoms with van der Waals surface area (Å²) >= 11 is 0. The number of benzene rings is 2. The van der Waals surface area contributed by atoms with E-state index in [4.69, 9.17) is 5.11 Å². The van der Waals surface area contributed by atoms with Gasteiger partial charge in [-0.1, -0.05) is 56.3 Å². The number of nitrogens with one attached hydrogen (secondary N) is 1. The number of carbonyl (C=O) groups is 2. The Morgan fingerprint density at radius 3 is 2.53 bits per heavy atom. The van der Waals surface area contributed by atoms with Crippen LogP contribution < -0.4 is 5.32 Å². The Morgan fingerprint density at radius 2 is 1.91 bits per heavy atom. The van der Waals surface area contributed by atoms with Gasteiger partial charge >= 0.3 is 5.97 Å². The van der Waals surface area contributed by atoms with Crippen molar-refractivity contribution < 1.29 is 25.3 Å². The fraction of sp³-hybridized carbons (Fsp3) is 0.440. The maximum atomic E-state index is 12.8. The van der Waals surface area contributed by atoms with Crippen LogP contribution in [0, 0.1) is 11.8 Å². The summed E-state index contributed by atoms with van der Waals surface area (Å²) in [4.78, 5) is 26.0. The zero-order valence-electron chi connectivity index (χ0n) is 18.8. The van der Waals surface area contributed by atoms with Crippen molar-refractivity contribution in [2.75, 3.05) is 26.2 Å². The van der Waals surface area contributed by atoms with E-state index in [1.807, 2.05) is 42.5 Å². The maximum Gasteiger partial charge on any atom is 0.322 e. The first-order valence-electron chi connectivity index (χ1n) is 10.8. The highest BCUT2D eigenvalue weighted by Gasteiger charge is 2.39. The molecule has 0 spiro atoms. The summed E-state index contributed by atoms with van der Waals surface area (Å²) in [5.41, 5.74) is 2.16. The molecule has 5 N–H and O–H groups in total. The lowest BCUT2D eigenvalue weighted by atomic mass is 9.68. The molecule has 7 heteroatoms. The van der Waals surface area contributed by atoms with Crippen LogP contribution in [-0.4, -0.2) is 58.6 Å². The number of carbonyl (C=O) groups excluding carboxylic acids is 1. The number of aromatic hydroxyl groups is 1. The SMILES string of the molecule is C[C@H]1CN(CC(Cc2ccccc2)C(=O)NCC(=O)O)CC[C@@]1(C)c1cccc(O)c1.O. The summed E-state index contributed by atoms with van der Waals surface area (Å²) in [7, 11) is 0. The van der Waals surface area contributed by atoms with Crippen LogP contribution in [0.1, 0.15) is 31.4 Å². The molecule has 2 aromatic carbocycles. The molecule has 1 aliphatic heterocycles. The van der Waals surface area contributed by atoms with Gasteiger partial charge in [0, 0.05) is 13.1 Å². The van der Waals surface area contributed by atoms with Crippen molar-refractivity contribution in [2.24, 2.45) is 11.8 Å². The van der Waals surface area contributed by atoms with Gasteiger partial charge in [0.05, 0.1) is 5.92 Å². The normalized spacial score (nSPS) is 21.9. The van der Waals surface area contributed by atoms with E-state index in [2.05, 4.69) is 30.1 Å². The summed E-state index contributed by atoms with van der Waals surface area (Å²) in [5.74, 6) is -0.964. The van der Waals surface area contributed by atoms with Crippen LogP contribution in [-0.2, 0) is 21.4 Å². The molecule has 0 bridgehead atoms. The molecule has 1 saturated heterocycles. The van der Waals surface area contributed by atoms with Gasteiger partial charge in [-0.3, -0.25) is 9.59 Å². The number of carboxylic acids is 1. The van der Waals surface area contributed by atoms with Crippen LogP contribution in [0.3, 0.4) is 0 Å². The highest BCUT2D eigenvalue weighted by Crippen LogP contribution is 2.40. The van der Waals surface area contributed by atoms with Gasteiger partial charge in [0.2, 0.25) is 5.91 Å². The van der Waals surface area contributed by atoms with Crippen molar-refractivity contribution in [2.45, 2.75) is 32.1 Å². The molecule has 1 heterocycles. The summed E-state index contributed by atoms with van der Waals surface area (Å²) in [6.45, 7) is 6.35. The number of likely N-dealkylation sites (tertiary alicyclic amines) is 1. The molecule has 0 aliphatic carbocycles. The number of rotatable bonds is 8. The van der Waals surface area contributed by atoms with Crippen LogP contribution in [0.5, 0.6) is 5.75 Å². The van der Waals surface area contributed by atoms with Crippen LogP contribution in [0.4, 0.5) is 0 Å². The fourth-order valence-corrected chi connectivity index (χ4v) is 4.53. The number of nitrogens with zero attached hydrogens (tertiary/aromatic N) is 1. The number of amides is 1. The highest BCUT2D eigenvalue weighted by atomic mass is 16.4. The number of hydrogen-bond donors (Lipinski definition) is 3. The van der Waals surface area contributed by atoms with Crippen molar-refractivity contribution in [3.05, 3.63) is 65.7 Å². The Hall–Kier alpha value is -2.90. The molecule has 32 heavy (non-hydrogen) atoms. The number of piperidine rings is 1. The number of aliphatic carboxylic acids is 1. The van der Waals surface area contributed by atoms with Gasteiger partial charge in [-0.2, -0.15) is 0 Å². The van der Waals surface area contributed by atoms with E-state index in [-0.39, 0.29) is 35.0 Å². The van der Waals surface area contributed by atoms with E-state index in [0.29, 0.717) is 18.9 Å². The standard InChI is InChI=1S/C25H32N2O4.H2O/c1-18-16-27(12-11-25(18,2)21-9-6-10-22(28)14-21)17-20(24(31)26-15-23(29)30)13-19-7-4-3-5-8-19;/h3-10,14,18,20,28H,11-13,15-17H2,1-2H3,(H,26,31)(H,29,30);1H2/t18-,20?,25+;/m0./s1. The second-order valence-corrected chi connectivity index (χ2v) is 8.88. The molecule has 0 radical (unpaired) electrons. The smallest absolute Gasteiger partial charge is 0.322 e. The molecule has 1 amide bonds. The highest BCUT2D eigenvalue weighted by molar-refractivity contribution is 5.83. The first kappa shape index (κ1) is 25.4. The molecule has 3 rings (SSSR count). The minimum absolute atomic E-state index is 0. The van der Waals surface area contributed by atoms with Crippen LogP contribution >= 0.6 is 0 Å². The predicted molar refractivity (Wildman–Crippen MR) is 124 cm³/mol. The molecule has 1 aliphatic rings. The summed E-state index contributed by atoms with van der Waals surface area (Å²) in [6.07, 6.45) is 1.49. The van der Waals surface area contributed by atoms with Crippen molar-refractivity contribution in [1.82, 2.24) is 10.2 Å². The Labute approximate surface area is 189 Å². The largest absolute Gasteiger partial charge is 0.508 e. The molecule has 0 saturated carbocycles. The maximum absolute atomic E-state index is 12.8. The summed E-state index contributed by atoms with van der Waals surface area (Å²) in [5, 5.41) is 21.4. The van der Waals surface area contributed by atoms with Gasteiger partial charge in [0.1, 0.15) is 12.3 Å². The second-order valence-electron chi connectivity index (χ2n) is 8.88. The van der Waals surface area contributed by atoms with E-state index in [9.17, 15) is 14.7 Å². The Kier molecular flexibility index (Phi) is 8.80. The molecule has 174 valence electrons. The Balaban J connectivity index is 0.00000363. The topological polar surface area (TPSA) is 121 Å². The van der Waals surface area contributed by atoms with E-state index >= 15 is 0 Å². The van der Waals surface area contributed by atoms with Gasteiger partial charge in [0.15, 0.2) is 0 Å². The van der Waals surface area contributed by atoms with Gasteiger partial charge in [-0.15, -0.1) is 0 Å². The Morgan fingerprint density at radius 1 is 1.19 bits per heavy atom. The van der Waals surface area contributed by atoms with Crippen LogP contribution in [0.25, 0.3) is 0 Å². The van der Waals surface area contributed by atoms with Gasteiger partial charge in [-0.25, -0.2) is 0 Å². The molecule has 1 unspecified atom stereocenters. The molecule has 1 fully saturated rings. The average Bonchev–Trinajstić information content (AvgIpc) is 2.75. The number of phenols is 1. The predicted octanol–water partition coefficient (Wildman–Crippen LogP) is 2.23. The van der Waals surface area contributed by atoms with E-state index < -0.39 is 5.97 Å². The molecule has 7 nitrogen and oxygen atoms in total. The van der Waals surface area contributed by atoms with Crippen LogP contribution in [0.2, 0.25) is 0 Å².